The van der Waals surface area contributed by atoms with Crippen LogP contribution in [0, 0.1) is 12.8 Å². The number of benzene rings is 4. The van der Waals surface area contributed by atoms with Crippen molar-refractivity contribution in [1.29, 1.82) is 0 Å². The van der Waals surface area contributed by atoms with Crippen LogP contribution in [0.15, 0.2) is 138 Å². The first kappa shape index (κ1) is 33.7. The minimum absolute atomic E-state index is 0.0134. The van der Waals surface area contributed by atoms with Crippen molar-refractivity contribution < 1.29 is 13.2 Å². The molecule has 1 saturated heterocycles. The molecule has 0 radical (unpaired) electrons. The van der Waals surface area contributed by atoms with Crippen molar-refractivity contribution in [3.8, 4) is 11.1 Å². The minimum Gasteiger partial charge on any atom is -0.356 e. The first-order chi connectivity index (χ1) is 25.2. The number of ketones is 1. The zero-order valence-electron chi connectivity index (χ0n) is 28.9. The molecule has 8 rings (SSSR count). The van der Waals surface area contributed by atoms with E-state index in [1.165, 1.54) is 12.3 Å². The minimum atomic E-state index is -3.34. The molecule has 0 saturated carbocycles. The fourth-order valence-corrected chi connectivity index (χ4v) is 9.47. The Bertz CT molecular complexity index is 2390. The second-order valence-corrected chi connectivity index (χ2v) is 16.7. The number of aromatic nitrogens is 4. The average Bonchev–Trinajstić information content (AvgIpc) is 3.84. The summed E-state index contributed by atoms with van der Waals surface area (Å²) in [5.74, 6) is 0.684. The van der Waals surface area contributed by atoms with Gasteiger partial charge in [0.25, 0.3) is 0 Å². The van der Waals surface area contributed by atoms with E-state index in [0.717, 1.165) is 61.6 Å². The van der Waals surface area contributed by atoms with E-state index in [0.29, 0.717) is 30.8 Å². The predicted molar refractivity (Wildman–Crippen MR) is 207 cm³/mol. The fourth-order valence-electron chi connectivity index (χ4n) is 7.52. The van der Waals surface area contributed by atoms with E-state index >= 15 is 0 Å². The Morgan fingerprint density at radius 3 is 1.94 bits per heavy atom. The van der Waals surface area contributed by atoms with Crippen molar-refractivity contribution in [2.24, 2.45) is 5.92 Å². The van der Waals surface area contributed by atoms with Gasteiger partial charge < -0.3 is 4.90 Å². The number of carbonyl (C=O) groups excluding carboxylic acids is 1. The van der Waals surface area contributed by atoms with Crippen molar-refractivity contribution in [2.75, 3.05) is 24.2 Å². The number of aryl methyl sites for hydroxylation is 1. The number of nitrogens with zero attached hydrogens (tertiary/aromatic N) is 5. The lowest BCUT2D eigenvalue weighted by atomic mass is 9.77. The molecular weight excluding hydrogens is 687 g/mol. The van der Waals surface area contributed by atoms with E-state index in [4.69, 9.17) is 10.1 Å². The van der Waals surface area contributed by atoms with Gasteiger partial charge in [0.05, 0.1) is 16.1 Å². The van der Waals surface area contributed by atoms with Gasteiger partial charge in [0.1, 0.15) is 21.9 Å². The fraction of sp³-hybridized carbons (Fsp3) is 0.190. The third-order valence-electron chi connectivity index (χ3n) is 10.1. The van der Waals surface area contributed by atoms with Gasteiger partial charge in [0, 0.05) is 42.4 Å². The molecular formula is C42H37N5O3S2. The van der Waals surface area contributed by atoms with Gasteiger partial charge in [0.2, 0.25) is 0 Å². The number of piperidine rings is 1. The third-order valence-corrected chi connectivity index (χ3v) is 13.0. The van der Waals surface area contributed by atoms with Crippen LogP contribution in [0.5, 0.6) is 0 Å². The van der Waals surface area contributed by atoms with Crippen molar-refractivity contribution in [3.63, 3.8) is 0 Å². The number of anilines is 1. The van der Waals surface area contributed by atoms with E-state index in [-0.39, 0.29) is 15.9 Å². The summed E-state index contributed by atoms with van der Waals surface area (Å²) in [6.45, 7) is 3.36. The third kappa shape index (κ3) is 6.01. The highest BCUT2D eigenvalue weighted by molar-refractivity contribution is 7.92. The summed E-state index contributed by atoms with van der Waals surface area (Å²) in [5, 5.41) is 6.19. The lowest BCUT2D eigenvalue weighted by Gasteiger charge is -2.36. The van der Waals surface area contributed by atoms with Crippen LogP contribution >= 0.6 is 11.3 Å². The molecule has 0 amide bonds. The second-order valence-electron chi connectivity index (χ2n) is 13.3. The average molecular weight is 724 g/mol. The summed E-state index contributed by atoms with van der Waals surface area (Å²) in [7, 11) is -3.34. The van der Waals surface area contributed by atoms with E-state index < -0.39 is 15.4 Å². The maximum absolute atomic E-state index is 13.3. The monoisotopic (exact) mass is 723 g/mol. The maximum atomic E-state index is 13.3. The predicted octanol–water partition coefficient (Wildman–Crippen LogP) is 8.21. The maximum Gasteiger partial charge on any atom is 0.184 e. The number of Topliss-reactive ketones (excluding diaryl/α,β-unsaturated/α-hetero) is 1. The zero-order chi connectivity index (χ0) is 35.9. The van der Waals surface area contributed by atoms with Crippen molar-refractivity contribution in [3.05, 3.63) is 161 Å². The van der Waals surface area contributed by atoms with E-state index in [1.54, 1.807) is 12.4 Å². The van der Waals surface area contributed by atoms with E-state index in [2.05, 4.69) is 113 Å². The Kier molecular flexibility index (Phi) is 8.80. The Morgan fingerprint density at radius 2 is 1.38 bits per heavy atom. The van der Waals surface area contributed by atoms with Gasteiger partial charge in [-0.3, -0.25) is 9.48 Å². The van der Waals surface area contributed by atoms with Gasteiger partial charge in [-0.2, -0.15) is 5.10 Å². The largest absolute Gasteiger partial charge is 0.356 e. The smallest absolute Gasteiger partial charge is 0.184 e. The van der Waals surface area contributed by atoms with Gasteiger partial charge in [-0.25, -0.2) is 18.4 Å². The number of sulfone groups is 1. The molecule has 3 aromatic heterocycles. The Balaban J connectivity index is 1.15. The molecule has 8 nitrogen and oxygen atoms in total. The van der Waals surface area contributed by atoms with Crippen molar-refractivity contribution in [2.45, 2.75) is 29.5 Å². The molecule has 0 bridgehead atoms. The summed E-state index contributed by atoms with van der Waals surface area (Å²) in [4.78, 5) is 25.4. The molecule has 260 valence electrons. The molecule has 0 spiro atoms. The Morgan fingerprint density at radius 1 is 0.788 bits per heavy atom. The molecule has 4 heterocycles. The van der Waals surface area contributed by atoms with Gasteiger partial charge in [-0.1, -0.05) is 97.1 Å². The lowest BCUT2D eigenvalue weighted by Crippen LogP contribution is -2.38. The van der Waals surface area contributed by atoms with Crippen molar-refractivity contribution >= 4 is 43.7 Å². The van der Waals surface area contributed by atoms with Crippen molar-refractivity contribution in [1.82, 2.24) is 19.7 Å². The Labute approximate surface area is 307 Å². The van der Waals surface area contributed by atoms with Crippen LogP contribution in [0.3, 0.4) is 0 Å². The van der Waals surface area contributed by atoms with Gasteiger partial charge in [0.15, 0.2) is 15.6 Å². The summed E-state index contributed by atoms with van der Waals surface area (Å²) >= 11 is 1.06. The molecule has 7 aromatic rings. The molecule has 0 aliphatic carbocycles. The molecule has 1 aliphatic heterocycles. The van der Waals surface area contributed by atoms with Crippen LogP contribution in [-0.4, -0.2) is 53.3 Å². The standard InChI is InChI=1S/C42H37N5O3S2/c1-29-36(27-47(45-29)42(32-12-6-3-7-13-32,33-14-8-4-9-15-33)34-16-10-5-11-17-34)31-18-19-37-35(26-31)41(44-28-43-37)46-24-22-30(23-25-46)40(48)38-20-21-39(51-38)52(2,49)50/h3-21,26-28,30H,22-25H2,1-2H3. The highest BCUT2D eigenvalue weighted by Gasteiger charge is 2.40. The summed E-state index contributed by atoms with van der Waals surface area (Å²) in [6.07, 6.45) is 6.24. The number of carbonyl (C=O) groups is 1. The number of hydrogen-bond donors (Lipinski definition) is 0. The summed E-state index contributed by atoms with van der Waals surface area (Å²) < 4.78 is 26.3. The van der Waals surface area contributed by atoms with Gasteiger partial charge in [-0.15, -0.1) is 11.3 Å². The normalized spacial score (nSPS) is 14.2. The van der Waals surface area contributed by atoms with Gasteiger partial charge >= 0.3 is 0 Å². The highest BCUT2D eigenvalue weighted by atomic mass is 32.2. The number of thiophene rings is 1. The van der Waals surface area contributed by atoms with Crippen LogP contribution in [-0.2, 0) is 15.4 Å². The molecule has 0 unspecified atom stereocenters. The van der Waals surface area contributed by atoms with Crippen LogP contribution in [0.25, 0.3) is 22.0 Å². The molecule has 10 heteroatoms. The molecule has 4 aromatic carbocycles. The van der Waals surface area contributed by atoms with Crippen LogP contribution in [0.4, 0.5) is 5.82 Å². The lowest BCUT2D eigenvalue weighted by molar-refractivity contribution is 0.0904. The van der Waals surface area contributed by atoms with Crippen LogP contribution < -0.4 is 4.90 Å². The van der Waals surface area contributed by atoms with Crippen LogP contribution in [0.1, 0.15) is 44.9 Å². The number of fused-ring (bicyclic) bond motifs is 1. The topological polar surface area (TPSA) is 98.1 Å². The van der Waals surface area contributed by atoms with E-state index in [1.807, 2.05) is 24.3 Å². The number of hydrogen-bond acceptors (Lipinski definition) is 8. The Hall–Kier alpha value is -5.45. The second kappa shape index (κ2) is 13.6. The molecule has 0 N–H and O–H groups in total. The molecule has 1 aliphatic rings. The summed E-state index contributed by atoms with van der Waals surface area (Å²) in [5.41, 5.74) is 6.35. The quantitative estimate of drug-likeness (QED) is 0.109. The molecule has 52 heavy (non-hydrogen) atoms. The van der Waals surface area contributed by atoms with E-state index in [9.17, 15) is 13.2 Å². The first-order valence-electron chi connectivity index (χ1n) is 17.3. The first-order valence-corrected chi connectivity index (χ1v) is 20.0. The molecule has 1 fully saturated rings. The highest BCUT2D eigenvalue weighted by Crippen LogP contribution is 2.42. The zero-order valence-corrected chi connectivity index (χ0v) is 30.5. The summed E-state index contributed by atoms with van der Waals surface area (Å²) in [6, 6.07) is 41.1. The SMILES string of the molecule is Cc1nn(C(c2ccccc2)(c2ccccc2)c2ccccc2)cc1-c1ccc2ncnc(N3CCC(C(=O)c4ccc(S(C)(=O)=O)s4)CC3)c2c1. The number of rotatable bonds is 9. The molecule has 0 atom stereocenters. The van der Waals surface area contributed by atoms with Crippen LogP contribution in [0.2, 0.25) is 0 Å². The van der Waals surface area contributed by atoms with Gasteiger partial charge in [-0.05, 0) is 66.3 Å².